The van der Waals surface area contributed by atoms with Gasteiger partial charge in [-0.15, -0.1) is 0 Å². The lowest BCUT2D eigenvalue weighted by molar-refractivity contribution is -0.870. The maximum Gasteiger partial charge on any atom is 0.306 e. The van der Waals surface area contributed by atoms with E-state index in [1.807, 2.05) is 21.1 Å². The molecule has 0 aliphatic heterocycles. The number of phosphoric acid groups is 1. The molecule has 0 fully saturated rings. The van der Waals surface area contributed by atoms with E-state index in [-0.39, 0.29) is 26.1 Å². The van der Waals surface area contributed by atoms with Crippen LogP contribution in [0.1, 0.15) is 258 Å². The van der Waals surface area contributed by atoms with E-state index >= 15 is 0 Å². The molecule has 10 heteroatoms. The Morgan fingerprint density at radius 3 is 1.02 bits per heavy atom. The summed E-state index contributed by atoms with van der Waals surface area (Å²) in [7, 11) is 1.14. The third kappa shape index (κ3) is 67.0. The van der Waals surface area contributed by atoms with Crippen LogP contribution in [-0.4, -0.2) is 70.0 Å². The highest BCUT2D eigenvalue weighted by Crippen LogP contribution is 2.38. The van der Waals surface area contributed by atoms with Crippen molar-refractivity contribution in [2.45, 2.75) is 264 Å². The predicted molar refractivity (Wildman–Crippen MR) is 360 cm³/mol. The quantitative estimate of drug-likeness (QED) is 0.0195. The van der Waals surface area contributed by atoms with Gasteiger partial charge in [0.25, 0.3) is 7.82 Å². The van der Waals surface area contributed by atoms with Gasteiger partial charge in [-0.3, -0.25) is 14.2 Å². The van der Waals surface area contributed by atoms with Crippen LogP contribution in [0, 0.1) is 0 Å². The number of carbonyl (C=O) groups is 2. The molecule has 2 unspecified atom stereocenters. The number of nitrogens with zero attached hydrogens (tertiary/aromatic N) is 1. The molecule has 0 aliphatic carbocycles. The number of carbonyl (C=O) groups excluding carboxylic acids is 2. The predicted octanol–water partition coefficient (Wildman–Crippen LogP) is 21.2. The molecule has 9 nitrogen and oxygen atoms in total. The summed E-state index contributed by atoms with van der Waals surface area (Å²) in [5.74, 6) is -0.863. The molecule has 0 aliphatic rings. The fraction of sp³-hybridized carbons (Fsp3) is 0.649. The number of rotatable bonds is 60. The lowest BCUT2D eigenvalue weighted by atomic mass is 10.1. The normalized spacial score (nSPS) is 14.1. The highest BCUT2D eigenvalue weighted by Gasteiger charge is 2.22. The molecule has 0 saturated carbocycles. The minimum absolute atomic E-state index is 0.0422. The van der Waals surface area contributed by atoms with Gasteiger partial charge in [0, 0.05) is 12.8 Å². The average molecular weight is 1190 g/mol. The lowest BCUT2D eigenvalue weighted by Gasteiger charge is -2.28. The van der Waals surface area contributed by atoms with Crippen molar-refractivity contribution in [2.75, 3.05) is 47.5 Å². The Morgan fingerprint density at radius 1 is 0.381 bits per heavy atom. The number of likely N-dealkylation sites (N-methyl/N-ethyl adjacent to an activating group) is 1. The summed E-state index contributed by atoms with van der Waals surface area (Å²) in [6.07, 6.45) is 93.4. The molecule has 0 heterocycles. The number of quaternary nitrogens is 1. The van der Waals surface area contributed by atoms with Crippen LogP contribution in [0.5, 0.6) is 0 Å². The third-order valence-electron chi connectivity index (χ3n) is 13.8. The SMILES string of the molecule is CC/C=C\C/C=C\C/C=C\C/C=C\C/C=C\C/C=C\C/C=C\C/C=C\C/C=C\C/C=C\C/C=C\CCCCCCCC(=O)OC(COC(=O)CCCCCCCCCCC/C=C\CCCCCCCCCC)COP(=O)([O-])OCC[N+](C)(C)C. The minimum Gasteiger partial charge on any atom is -0.756 e. The van der Waals surface area contributed by atoms with Gasteiger partial charge in [0.15, 0.2) is 6.10 Å². The Balaban J connectivity index is 4.18. The summed E-state index contributed by atoms with van der Waals surface area (Å²) >= 11 is 0. The van der Waals surface area contributed by atoms with Crippen LogP contribution in [0.4, 0.5) is 0 Å². The van der Waals surface area contributed by atoms with Crippen molar-refractivity contribution in [3.63, 3.8) is 0 Å². The first-order valence-corrected chi connectivity index (χ1v) is 35.0. The fourth-order valence-corrected chi connectivity index (χ4v) is 9.44. The Kier molecular flexibility index (Phi) is 60.3. The molecule has 0 aromatic rings. The van der Waals surface area contributed by atoms with Crippen molar-refractivity contribution < 1.29 is 42.1 Å². The molecule has 0 spiro atoms. The molecule has 0 aromatic carbocycles. The van der Waals surface area contributed by atoms with E-state index < -0.39 is 32.5 Å². The van der Waals surface area contributed by atoms with Crippen LogP contribution >= 0.6 is 7.82 Å². The Labute approximate surface area is 516 Å². The summed E-state index contributed by atoms with van der Waals surface area (Å²) < 4.78 is 34.2. The first kappa shape index (κ1) is 79.9. The first-order chi connectivity index (χ1) is 41.0. The maximum absolute atomic E-state index is 12.8. The zero-order chi connectivity index (χ0) is 61.2. The number of unbranched alkanes of at least 4 members (excludes halogenated alkanes) is 22. The van der Waals surface area contributed by atoms with E-state index in [0.717, 1.165) is 128 Å². The van der Waals surface area contributed by atoms with Gasteiger partial charge in [-0.1, -0.05) is 269 Å². The molecule has 478 valence electrons. The molecule has 0 rings (SSSR count). The molecule has 84 heavy (non-hydrogen) atoms. The zero-order valence-corrected chi connectivity index (χ0v) is 55.2. The number of ether oxygens (including phenoxy) is 2. The summed E-state index contributed by atoms with van der Waals surface area (Å²) in [4.78, 5) is 38.0. The largest absolute Gasteiger partial charge is 0.756 e. The van der Waals surface area contributed by atoms with Crippen molar-refractivity contribution in [1.29, 1.82) is 0 Å². The minimum atomic E-state index is -4.66. The van der Waals surface area contributed by atoms with Gasteiger partial charge in [-0.2, -0.15) is 0 Å². The van der Waals surface area contributed by atoms with E-state index in [9.17, 15) is 19.0 Å². The van der Waals surface area contributed by atoms with Crippen molar-refractivity contribution >= 4 is 19.8 Å². The first-order valence-electron chi connectivity index (χ1n) is 33.5. The van der Waals surface area contributed by atoms with E-state index in [1.54, 1.807) is 0 Å². The molecule has 0 saturated heterocycles. The number of phosphoric ester groups is 1. The molecule has 0 amide bonds. The Bertz CT molecular complexity index is 1930. The fourth-order valence-electron chi connectivity index (χ4n) is 8.71. The van der Waals surface area contributed by atoms with Crippen molar-refractivity contribution in [1.82, 2.24) is 0 Å². The highest BCUT2D eigenvalue weighted by molar-refractivity contribution is 7.45. The van der Waals surface area contributed by atoms with E-state index in [2.05, 4.69) is 160 Å². The lowest BCUT2D eigenvalue weighted by Crippen LogP contribution is -2.37. The summed E-state index contributed by atoms with van der Waals surface area (Å²) in [5, 5.41) is 0. The van der Waals surface area contributed by atoms with Gasteiger partial charge >= 0.3 is 11.9 Å². The maximum atomic E-state index is 12.8. The standard InChI is InChI=1S/C74H124NO8P/c1-6-8-10-12-14-16-18-20-22-24-26-28-29-30-31-32-33-34-35-36-37-38-39-40-41-42-43-44-45-47-49-51-53-55-57-59-61-63-65-67-74(77)83-72(71-82-84(78,79)81-69-68-75(3,4)5)70-80-73(76)66-64-62-60-58-56-54-52-50-48-46-27-25-23-21-19-17-15-13-11-9-7-2/h8,10,14,16,20,22,25-28,30-31,33-34,36-37,39-40,42-43,45,47,51,53,72H,6-7,9,11-13,15,17-19,21,23-24,29,32,35,38,41,44,46,48-50,52,54-71H2,1-5H3/b10-8-,16-14-,22-20-,27-25-,28-26-,31-30-,34-33-,37-36-,40-39-,43-42-,47-45-,53-51-. The molecule has 2 atom stereocenters. The molecule has 0 radical (unpaired) electrons. The van der Waals surface area contributed by atoms with E-state index in [1.165, 1.54) is 96.3 Å². The van der Waals surface area contributed by atoms with Gasteiger partial charge in [-0.25, -0.2) is 0 Å². The molecular formula is C74H124NO8P. The number of esters is 2. The average Bonchev–Trinajstić information content (AvgIpc) is 3.61. The summed E-state index contributed by atoms with van der Waals surface area (Å²) in [5.41, 5.74) is 0. The number of hydrogen-bond acceptors (Lipinski definition) is 8. The van der Waals surface area contributed by atoms with Crippen LogP contribution in [0.3, 0.4) is 0 Å². The second kappa shape index (κ2) is 63.4. The molecule has 0 bridgehead atoms. The van der Waals surface area contributed by atoms with Crippen molar-refractivity contribution in [2.24, 2.45) is 0 Å². The van der Waals surface area contributed by atoms with Crippen LogP contribution in [0.15, 0.2) is 146 Å². The summed E-state index contributed by atoms with van der Waals surface area (Å²) in [6.45, 7) is 4.10. The van der Waals surface area contributed by atoms with Crippen molar-refractivity contribution in [3.8, 4) is 0 Å². The molecule has 0 N–H and O–H groups in total. The number of allylic oxidation sites excluding steroid dienone is 24. The second-order valence-corrected chi connectivity index (χ2v) is 24.5. The Hall–Kier alpha value is -4.11. The van der Waals surface area contributed by atoms with Crippen LogP contribution in [0.2, 0.25) is 0 Å². The van der Waals surface area contributed by atoms with Gasteiger partial charge in [0.2, 0.25) is 0 Å². The third-order valence-corrected chi connectivity index (χ3v) is 14.8. The van der Waals surface area contributed by atoms with Crippen LogP contribution in [0.25, 0.3) is 0 Å². The van der Waals surface area contributed by atoms with E-state index in [0.29, 0.717) is 17.4 Å². The van der Waals surface area contributed by atoms with Crippen LogP contribution in [-0.2, 0) is 32.7 Å². The van der Waals surface area contributed by atoms with Gasteiger partial charge in [0.05, 0.1) is 27.7 Å². The Morgan fingerprint density at radius 2 is 0.679 bits per heavy atom. The van der Waals surface area contributed by atoms with Gasteiger partial charge in [0.1, 0.15) is 19.8 Å². The summed E-state index contributed by atoms with van der Waals surface area (Å²) in [6, 6.07) is 0. The van der Waals surface area contributed by atoms with Gasteiger partial charge < -0.3 is 27.9 Å². The van der Waals surface area contributed by atoms with E-state index in [4.69, 9.17) is 18.5 Å². The zero-order valence-electron chi connectivity index (χ0n) is 54.3. The van der Waals surface area contributed by atoms with Gasteiger partial charge in [-0.05, 0) is 122 Å². The number of hydrogen-bond donors (Lipinski definition) is 0. The van der Waals surface area contributed by atoms with Crippen LogP contribution < -0.4 is 4.89 Å². The van der Waals surface area contributed by atoms with Crippen molar-refractivity contribution in [3.05, 3.63) is 146 Å². The second-order valence-electron chi connectivity index (χ2n) is 23.1. The molecular weight excluding hydrogens is 1060 g/mol. The monoisotopic (exact) mass is 1190 g/mol. The highest BCUT2D eigenvalue weighted by atomic mass is 31.2. The smallest absolute Gasteiger partial charge is 0.306 e. The topological polar surface area (TPSA) is 111 Å². The molecule has 0 aromatic heterocycles.